The van der Waals surface area contributed by atoms with Gasteiger partial charge in [0.25, 0.3) is 5.69 Å². The minimum Gasteiger partial charge on any atom is -0.455 e. The maximum Gasteiger partial charge on any atom is 0.270 e. The molecule has 0 saturated carbocycles. The number of nitrogens with zero attached hydrogens (tertiary/aromatic N) is 7. The van der Waals surface area contributed by atoms with Crippen molar-refractivity contribution in [1.82, 2.24) is 15.0 Å². The molecule has 2 aromatic heterocycles. The molecule has 13 nitrogen and oxygen atoms in total. The van der Waals surface area contributed by atoms with E-state index in [1.807, 2.05) is 6.92 Å². The van der Waals surface area contributed by atoms with Crippen molar-refractivity contribution < 1.29 is 18.8 Å². The fourth-order valence-electron chi connectivity index (χ4n) is 3.92. The zero-order valence-electron chi connectivity index (χ0n) is 19.8. The van der Waals surface area contributed by atoms with Crippen LogP contribution in [0, 0.1) is 17.0 Å². The molecule has 2 saturated heterocycles. The monoisotopic (exact) mass is 494 g/mol. The fraction of sp³-hybridized carbons (Fsp3) is 0.391. The van der Waals surface area contributed by atoms with Crippen LogP contribution in [0.4, 0.5) is 23.5 Å². The van der Waals surface area contributed by atoms with Crippen LogP contribution in [0.5, 0.6) is 0 Å². The largest absolute Gasteiger partial charge is 0.455 e. The summed E-state index contributed by atoms with van der Waals surface area (Å²) < 4.78 is 16.7. The highest BCUT2D eigenvalue weighted by atomic mass is 16.6. The second-order valence-electron chi connectivity index (χ2n) is 8.29. The van der Waals surface area contributed by atoms with E-state index in [0.29, 0.717) is 87.5 Å². The van der Waals surface area contributed by atoms with Gasteiger partial charge in [-0.1, -0.05) is 6.07 Å². The summed E-state index contributed by atoms with van der Waals surface area (Å²) in [5.41, 5.74) is 4.41. The molecule has 36 heavy (non-hydrogen) atoms. The summed E-state index contributed by atoms with van der Waals surface area (Å²) in [7, 11) is 0. The molecule has 0 atom stereocenters. The molecule has 2 aliphatic rings. The molecule has 2 fully saturated rings. The molecule has 1 N–H and O–H groups in total. The minimum atomic E-state index is -0.427. The molecular weight excluding hydrogens is 468 g/mol. The Hall–Kier alpha value is -4.10. The van der Waals surface area contributed by atoms with Crippen LogP contribution < -0.4 is 15.2 Å². The van der Waals surface area contributed by atoms with Crippen LogP contribution in [-0.2, 0) is 9.47 Å². The number of anilines is 3. The van der Waals surface area contributed by atoms with Gasteiger partial charge in [-0.2, -0.15) is 20.1 Å². The molecule has 0 radical (unpaired) electrons. The Morgan fingerprint density at radius 1 is 0.972 bits per heavy atom. The smallest absolute Gasteiger partial charge is 0.270 e. The second kappa shape index (κ2) is 10.7. The lowest BCUT2D eigenvalue weighted by Gasteiger charge is -2.30. The molecule has 5 rings (SSSR count). The Labute approximate surface area is 206 Å². The number of nitro benzene ring substituents is 1. The van der Waals surface area contributed by atoms with Crippen molar-refractivity contribution >= 4 is 29.7 Å². The Kier molecular flexibility index (Phi) is 7.00. The third-order valence-electron chi connectivity index (χ3n) is 5.88. The number of hydrogen-bond donors (Lipinski definition) is 1. The number of non-ortho nitro benzene ring substituents is 1. The molecule has 0 unspecified atom stereocenters. The first-order chi connectivity index (χ1) is 17.6. The van der Waals surface area contributed by atoms with E-state index < -0.39 is 4.92 Å². The number of morpholine rings is 2. The average Bonchev–Trinajstić information content (AvgIpc) is 3.38. The van der Waals surface area contributed by atoms with Gasteiger partial charge in [0.1, 0.15) is 11.5 Å². The average molecular weight is 495 g/mol. The number of furan rings is 1. The van der Waals surface area contributed by atoms with Crippen molar-refractivity contribution in [3.63, 3.8) is 0 Å². The molecule has 3 aromatic rings. The fourth-order valence-corrected chi connectivity index (χ4v) is 3.92. The summed E-state index contributed by atoms with van der Waals surface area (Å²) in [5, 5.41) is 15.4. The van der Waals surface area contributed by atoms with Crippen molar-refractivity contribution in [3.8, 4) is 11.3 Å². The lowest BCUT2D eigenvalue weighted by atomic mass is 10.1. The number of hydrogen-bond acceptors (Lipinski definition) is 12. The molecule has 0 bridgehead atoms. The zero-order valence-corrected chi connectivity index (χ0v) is 19.8. The number of hydrazone groups is 1. The quantitative estimate of drug-likeness (QED) is 0.294. The lowest BCUT2D eigenvalue weighted by molar-refractivity contribution is -0.384. The Morgan fingerprint density at radius 3 is 2.22 bits per heavy atom. The third kappa shape index (κ3) is 5.42. The molecule has 0 aliphatic carbocycles. The summed E-state index contributed by atoms with van der Waals surface area (Å²) in [6.45, 7) is 7.12. The van der Waals surface area contributed by atoms with Crippen molar-refractivity contribution in [2.45, 2.75) is 6.92 Å². The van der Waals surface area contributed by atoms with Crippen LogP contribution in [0.1, 0.15) is 11.3 Å². The first kappa shape index (κ1) is 23.6. The van der Waals surface area contributed by atoms with Gasteiger partial charge in [-0.05, 0) is 24.6 Å². The molecule has 2 aliphatic heterocycles. The summed E-state index contributed by atoms with van der Waals surface area (Å²) in [4.78, 5) is 28.6. The minimum absolute atomic E-state index is 0.00543. The highest BCUT2D eigenvalue weighted by Crippen LogP contribution is 2.29. The van der Waals surface area contributed by atoms with E-state index in [1.165, 1.54) is 18.3 Å². The van der Waals surface area contributed by atoms with Crippen molar-refractivity contribution in [2.24, 2.45) is 5.10 Å². The van der Waals surface area contributed by atoms with Gasteiger partial charge in [0.15, 0.2) is 0 Å². The van der Waals surface area contributed by atoms with E-state index in [4.69, 9.17) is 13.9 Å². The Balaban J connectivity index is 1.34. The van der Waals surface area contributed by atoms with Gasteiger partial charge >= 0.3 is 0 Å². The van der Waals surface area contributed by atoms with E-state index in [9.17, 15) is 10.1 Å². The molecule has 1 aromatic carbocycles. The van der Waals surface area contributed by atoms with E-state index in [0.717, 1.165) is 5.56 Å². The third-order valence-corrected chi connectivity index (χ3v) is 5.88. The standard InChI is InChI=1S/C23H26N8O5/c1-16-2-3-17(31(32)33)14-19(16)20-5-4-18(36-20)15-24-28-21-25-22(29-6-10-34-11-7-29)27-23(26-21)30-8-12-35-13-9-30/h2-5,14-15H,6-13H2,1H3,(H,25,26,27,28)/b24-15+. The normalized spacial score (nSPS) is 16.5. The van der Waals surface area contributed by atoms with Crippen LogP contribution >= 0.6 is 0 Å². The van der Waals surface area contributed by atoms with E-state index in [1.54, 1.807) is 18.2 Å². The first-order valence-electron chi connectivity index (χ1n) is 11.6. The summed E-state index contributed by atoms with van der Waals surface area (Å²) in [5.74, 6) is 2.43. The van der Waals surface area contributed by atoms with Crippen LogP contribution in [0.3, 0.4) is 0 Å². The van der Waals surface area contributed by atoms with Crippen LogP contribution in [0.2, 0.25) is 0 Å². The van der Waals surface area contributed by atoms with Gasteiger partial charge in [-0.15, -0.1) is 0 Å². The second-order valence-corrected chi connectivity index (χ2v) is 8.29. The molecular formula is C23H26N8O5. The van der Waals surface area contributed by atoms with Gasteiger partial charge in [-0.25, -0.2) is 5.43 Å². The summed E-state index contributed by atoms with van der Waals surface area (Å²) >= 11 is 0. The van der Waals surface area contributed by atoms with Gasteiger partial charge in [0.05, 0.1) is 37.6 Å². The van der Waals surface area contributed by atoms with Gasteiger partial charge < -0.3 is 23.7 Å². The number of ether oxygens (including phenoxy) is 2. The van der Waals surface area contributed by atoms with Crippen molar-refractivity contribution in [1.29, 1.82) is 0 Å². The predicted molar refractivity (Wildman–Crippen MR) is 133 cm³/mol. The number of nitro groups is 1. The molecule has 188 valence electrons. The van der Waals surface area contributed by atoms with Crippen LogP contribution in [0.25, 0.3) is 11.3 Å². The summed E-state index contributed by atoms with van der Waals surface area (Å²) in [6.07, 6.45) is 1.50. The number of rotatable bonds is 7. The van der Waals surface area contributed by atoms with Crippen LogP contribution in [-0.4, -0.2) is 78.7 Å². The number of benzene rings is 1. The number of aromatic nitrogens is 3. The van der Waals surface area contributed by atoms with Crippen molar-refractivity contribution in [2.75, 3.05) is 67.8 Å². The number of aryl methyl sites for hydroxylation is 1. The molecule has 0 spiro atoms. The Bertz CT molecular complexity index is 1210. The highest BCUT2D eigenvalue weighted by molar-refractivity contribution is 5.78. The molecule has 13 heteroatoms. The summed E-state index contributed by atoms with van der Waals surface area (Å²) in [6, 6.07) is 8.16. The maximum absolute atomic E-state index is 11.1. The topological polar surface area (TPSA) is 144 Å². The molecule has 4 heterocycles. The zero-order chi connectivity index (χ0) is 24.9. The Morgan fingerprint density at radius 2 is 1.61 bits per heavy atom. The van der Waals surface area contributed by atoms with Gasteiger partial charge in [-0.3, -0.25) is 10.1 Å². The van der Waals surface area contributed by atoms with Crippen LogP contribution in [0.15, 0.2) is 39.9 Å². The van der Waals surface area contributed by atoms with E-state index in [2.05, 4.69) is 35.3 Å². The lowest BCUT2D eigenvalue weighted by Crippen LogP contribution is -2.40. The van der Waals surface area contributed by atoms with Crippen molar-refractivity contribution in [3.05, 3.63) is 51.8 Å². The van der Waals surface area contributed by atoms with Gasteiger partial charge in [0, 0.05) is 43.9 Å². The van der Waals surface area contributed by atoms with Gasteiger partial charge in [0.2, 0.25) is 17.8 Å². The first-order valence-corrected chi connectivity index (χ1v) is 11.6. The molecule has 0 amide bonds. The SMILES string of the molecule is Cc1ccc([N+](=O)[O-])cc1-c1ccc(/C=N/Nc2nc(N3CCOCC3)nc(N3CCOCC3)n2)o1. The number of nitrogens with one attached hydrogen (secondary N) is 1. The van der Waals surface area contributed by atoms with E-state index >= 15 is 0 Å². The maximum atomic E-state index is 11.1. The van der Waals surface area contributed by atoms with E-state index in [-0.39, 0.29) is 5.69 Å². The predicted octanol–water partition coefficient (Wildman–Crippen LogP) is 2.47. The highest BCUT2D eigenvalue weighted by Gasteiger charge is 2.20.